The summed E-state index contributed by atoms with van der Waals surface area (Å²) in [7, 11) is -1.89. The molecule has 0 unspecified atom stereocenters. The van der Waals surface area contributed by atoms with Crippen LogP contribution in [0, 0.1) is 0 Å². The molecule has 1 aliphatic heterocycles. The van der Waals surface area contributed by atoms with Gasteiger partial charge in [-0.15, -0.1) is 0 Å². The molecule has 1 saturated heterocycles. The van der Waals surface area contributed by atoms with Crippen LogP contribution in [0.2, 0.25) is 0 Å². The van der Waals surface area contributed by atoms with Gasteiger partial charge in [-0.25, -0.2) is 18.2 Å². The number of benzene rings is 1. The van der Waals surface area contributed by atoms with Crippen molar-refractivity contribution in [2.24, 2.45) is 7.05 Å². The highest BCUT2D eigenvalue weighted by atomic mass is 32.2. The van der Waals surface area contributed by atoms with Crippen LogP contribution < -0.4 is 5.32 Å². The van der Waals surface area contributed by atoms with Gasteiger partial charge in [0.2, 0.25) is 0 Å². The predicted molar refractivity (Wildman–Crippen MR) is 102 cm³/mol. The minimum Gasteiger partial charge on any atom is -0.339 e. The van der Waals surface area contributed by atoms with Gasteiger partial charge in [0.05, 0.1) is 6.33 Å². The van der Waals surface area contributed by atoms with Gasteiger partial charge in [0.15, 0.2) is 5.03 Å². The Kier molecular flexibility index (Phi) is 6.12. The molecule has 0 atom stereocenters. The maximum absolute atomic E-state index is 12.7. The summed E-state index contributed by atoms with van der Waals surface area (Å²) in [6.45, 7) is 2.10. The number of urea groups is 1. The van der Waals surface area contributed by atoms with E-state index >= 15 is 0 Å². The number of carbonyl (C=O) groups is 1. The maximum Gasteiger partial charge on any atom is 0.317 e. The lowest BCUT2D eigenvalue weighted by molar-refractivity contribution is 0.200. The SMILES string of the molecule is Cn1cnc(S(=O)(=O)N2CCCN(C(=O)NCCc3ccccc3)CC2)c1. The van der Waals surface area contributed by atoms with E-state index in [4.69, 9.17) is 0 Å². The summed E-state index contributed by atoms with van der Waals surface area (Å²) < 4.78 is 28.4. The van der Waals surface area contributed by atoms with Crippen molar-refractivity contribution < 1.29 is 13.2 Å². The van der Waals surface area contributed by atoms with Gasteiger partial charge in [0, 0.05) is 46.0 Å². The van der Waals surface area contributed by atoms with Gasteiger partial charge in [-0.05, 0) is 18.4 Å². The van der Waals surface area contributed by atoms with Crippen LogP contribution in [0.1, 0.15) is 12.0 Å². The van der Waals surface area contributed by atoms with Crippen molar-refractivity contribution in [3.8, 4) is 0 Å². The highest BCUT2D eigenvalue weighted by Crippen LogP contribution is 2.15. The molecule has 3 rings (SSSR count). The first-order valence-corrected chi connectivity index (χ1v) is 10.5. The molecule has 1 aromatic heterocycles. The molecule has 0 radical (unpaired) electrons. The Hall–Kier alpha value is -2.39. The fraction of sp³-hybridized carbons (Fsp3) is 0.444. The van der Waals surface area contributed by atoms with Crippen molar-refractivity contribution in [1.82, 2.24) is 24.1 Å². The van der Waals surface area contributed by atoms with Crippen molar-refractivity contribution in [2.45, 2.75) is 17.9 Å². The topological polar surface area (TPSA) is 87.5 Å². The first-order valence-electron chi connectivity index (χ1n) is 9.01. The zero-order valence-electron chi connectivity index (χ0n) is 15.4. The molecular weight excluding hydrogens is 366 g/mol. The van der Waals surface area contributed by atoms with Crippen LogP contribution in [0.4, 0.5) is 4.79 Å². The van der Waals surface area contributed by atoms with Gasteiger partial charge in [-0.2, -0.15) is 4.31 Å². The molecule has 2 amide bonds. The van der Waals surface area contributed by atoms with Gasteiger partial charge in [-0.1, -0.05) is 30.3 Å². The zero-order chi connectivity index (χ0) is 19.3. The Bertz CT molecular complexity index is 866. The fourth-order valence-electron chi connectivity index (χ4n) is 3.06. The zero-order valence-corrected chi connectivity index (χ0v) is 16.2. The molecule has 1 N–H and O–H groups in total. The molecule has 2 heterocycles. The van der Waals surface area contributed by atoms with Gasteiger partial charge in [-0.3, -0.25) is 0 Å². The molecule has 1 aromatic carbocycles. The number of carbonyl (C=O) groups excluding carboxylic acids is 1. The summed E-state index contributed by atoms with van der Waals surface area (Å²) in [5, 5.41) is 2.97. The van der Waals surface area contributed by atoms with Gasteiger partial charge in [0.25, 0.3) is 10.0 Å². The van der Waals surface area contributed by atoms with Crippen LogP contribution in [0.3, 0.4) is 0 Å². The third kappa shape index (κ3) is 4.86. The second-order valence-corrected chi connectivity index (χ2v) is 8.47. The van der Waals surface area contributed by atoms with Crippen molar-refractivity contribution in [3.63, 3.8) is 0 Å². The van der Waals surface area contributed by atoms with E-state index in [9.17, 15) is 13.2 Å². The first kappa shape index (κ1) is 19.4. The smallest absolute Gasteiger partial charge is 0.317 e. The Labute approximate surface area is 159 Å². The van der Waals surface area contributed by atoms with E-state index in [1.54, 1.807) is 16.5 Å². The number of hydrogen-bond donors (Lipinski definition) is 1. The molecule has 1 fully saturated rings. The number of sulfonamides is 1. The summed E-state index contributed by atoms with van der Waals surface area (Å²) in [6, 6.07) is 9.81. The third-order valence-electron chi connectivity index (χ3n) is 4.56. The molecule has 0 saturated carbocycles. The third-order valence-corrected chi connectivity index (χ3v) is 6.34. The van der Waals surface area contributed by atoms with Crippen LogP contribution >= 0.6 is 0 Å². The minimum absolute atomic E-state index is 0.0470. The summed E-state index contributed by atoms with van der Waals surface area (Å²) in [5.41, 5.74) is 1.17. The normalized spacial score (nSPS) is 16.1. The first-order chi connectivity index (χ1) is 13.0. The molecule has 27 heavy (non-hydrogen) atoms. The largest absolute Gasteiger partial charge is 0.339 e. The molecule has 8 nitrogen and oxygen atoms in total. The average molecular weight is 391 g/mol. The standard InChI is InChI=1S/C18H25N5O3S/c1-21-14-17(20-15-21)27(25,26)23-11-5-10-22(12-13-23)18(24)19-9-8-16-6-3-2-4-7-16/h2-4,6-7,14-15H,5,8-13H2,1H3,(H,19,24). The van der Waals surface area contributed by atoms with Crippen LogP contribution in [0.5, 0.6) is 0 Å². The van der Waals surface area contributed by atoms with Crippen LogP contribution in [0.25, 0.3) is 0 Å². The Morgan fingerprint density at radius 1 is 1.15 bits per heavy atom. The summed E-state index contributed by atoms with van der Waals surface area (Å²) in [4.78, 5) is 18.0. The number of nitrogens with zero attached hydrogens (tertiary/aromatic N) is 4. The number of nitrogens with one attached hydrogen (secondary N) is 1. The Morgan fingerprint density at radius 3 is 2.63 bits per heavy atom. The van der Waals surface area contributed by atoms with Gasteiger partial charge in [0.1, 0.15) is 0 Å². The van der Waals surface area contributed by atoms with Crippen molar-refractivity contribution in [3.05, 3.63) is 48.4 Å². The number of rotatable bonds is 5. The minimum atomic E-state index is -3.62. The van der Waals surface area contributed by atoms with E-state index in [1.807, 2.05) is 30.3 Å². The van der Waals surface area contributed by atoms with Gasteiger partial charge < -0.3 is 14.8 Å². The van der Waals surface area contributed by atoms with E-state index in [2.05, 4.69) is 10.3 Å². The van der Waals surface area contributed by atoms with Crippen LogP contribution in [-0.2, 0) is 23.5 Å². The van der Waals surface area contributed by atoms with Crippen LogP contribution in [0.15, 0.2) is 47.9 Å². The number of aromatic nitrogens is 2. The number of hydrogen-bond acceptors (Lipinski definition) is 4. The van der Waals surface area contributed by atoms with Crippen molar-refractivity contribution in [1.29, 1.82) is 0 Å². The molecule has 1 aliphatic rings. The molecule has 0 bridgehead atoms. The number of imidazole rings is 1. The highest BCUT2D eigenvalue weighted by molar-refractivity contribution is 7.89. The second-order valence-electron chi connectivity index (χ2n) is 6.59. The van der Waals surface area contributed by atoms with E-state index in [-0.39, 0.29) is 17.6 Å². The van der Waals surface area contributed by atoms with Crippen LogP contribution in [-0.4, -0.2) is 65.9 Å². The summed E-state index contributed by atoms with van der Waals surface area (Å²) in [6.07, 6.45) is 4.32. The lowest BCUT2D eigenvalue weighted by atomic mass is 10.1. The quantitative estimate of drug-likeness (QED) is 0.826. The molecule has 2 aromatic rings. The lowest BCUT2D eigenvalue weighted by Crippen LogP contribution is -2.43. The number of aryl methyl sites for hydroxylation is 1. The van der Waals surface area contributed by atoms with E-state index in [0.717, 1.165) is 6.42 Å². The molecule has 0 spiro atoms. The van der Waals surface area contributed by atoms with Crippen molar-refractivity contribution >= 4 is 16.1 Å². The molecule has 146 valence electrons. The van der Waals surface area contributed by atoms with Gasteiger partial charge >= 0.3 is 6.03 Å². The Balaban J connectivity index is 1.52. The number of amides is 2. The molecule has 9 heteroatoms. The lowest BCUT2D eigenvalue weighted by Gasteiger charge is -2.21. The van der Waals surface area contributed by atoms with E-state index < -0.39 is 10.0 Å². The van der Waals surface area contributed by atoms with E-state index in [0.29, 0.717) is 32.6 Å². The Morgan fingerprint density at radius 2 is 1.93 bits per heavy atom. The average Bonchev–Trinajstić information content (AvgIpc) is 2.95. The molecular formula is C18H25N5O3S. The predicted octanol–water partition coefficient (Wildman–Crippen LogP) is 1.07. The summed E-state index contributed by atoms with van der Waals surface area (Å²) >= 11 is 0. The molecule has 0 aliphatic carbocycles. The van der Waals surface area contributed by atoms with E-state index in [1.165, 1.54) is 22.4 Å². The van der Waals surface area contributed by atoms with Crippen molar-refractivity contribution in [2.75, 3.05) is 32.7 Å². The highest BCUT2D eigenvalue weighted by Gasteiger charge is 2.29. The monoisotopic (exact) mass is 391 g/mol. The second kappa shape index (κ2) is 8.53. The maximum atomic E-state index is 12.7. The fourth-order valence-corrected chi connectivity index (χ4v) is 4.50. The summed E-state index contributed by atoms with van der Waals surface area (Å²) in [5.74, 6) is 0.